The number of aryl methyl sites for hydroxylation is 2. The molecular weight excluding hydrogens is 360 g/mol. The summed E-state index contributed by atoms with van der Waals surface area (Å²) in [6, 6.07) is 5.45. The van der Waals surface area contributed by atoms with E-state index < -0.39 is 0 Å². The summed E-state index contributed by atoms with van der Waals surface area (Å²) in [6.07, 6.45) is 4.74. The van der Waals surface area contributed by atoms with E-state index in [2.05, 4.69) is 14.9 Å². The number of carbonyl (C=O) groups is 2. The highest BCUT2D eigenvalue weighted by Crippen LogP contribution is 2.35. The van der Waals surface area contributed by atoms with Crippen molar-refractivity contribution in [1.82, 2.24) is 14.9 Å². The van der Waals surface area contributed by atoms with Gasteiger partial charge in [-0.3, -0.25) is 9.59 Å². The molecule has 2 aliphatic rings. The average Bonchev–Trinajstić information content (AvgIpc) is 3.30. The Bertz CT molecular complexity index is 879. The summed E-state index contributed by atoms with van der Waals surface area (Å²) in [5.41, 5.74) is 0.736. The number of ether oxygens (including phenoxy) is 2. The van der Waals surface area contributed by atoms with Crippen molar-refractivity contribution in [3.8, 4) is 11.5 Å². The highest BCUT2D eigenvalue weighted by Gasteiger charge is 2.35. The van der Waals surface area contributed by atoms with Crippen molar-refractivity contribution in [1.29, 1.82) is 0 Å². The van der Waals surface area contributed by atoms with E-state index in [-0.39, 0.29) is 24.2 Å². The third-order valence-electron chi connectivity index (χ3n) is 5.13. The predicted octanol–water partition coefficient (Wildman–Crippen LogP) is 1.52. The summed E-state index contributed by atoms with van der Waals surface area (Å²) >= 11 is 0. The molecule has 1 N–H and O–H groups in total. The standard InChI is InChI=1S/C20H24N4O4/c1-14-21-6-8-23(14)7-2-5-22-20(26)15-11-19(25)24(13-15)16-3-4-17-18(12-16)28-10-9-27-17/h3-4,6,8,12,15H,2,5,7,9-11,13H2,1H3,(H,22,26). The van der Waals surface area contributed by atoms with Crippen molar-refractivity contribution < 1.29 is 19.1 Å². The first-order valence-electron chi connectivity index (χ1n) is 9.57. The number of nitrogens with one attached hydrogen (secondary N) is 1. The molecular formula is C20H24N4O4. The monoisotopic (exact) mass is 384 g/mol. The van der Waals surface area contributed by atoms with Crippen molar-refractivity contribution in [2.24, 2.45) is 5.92 Å². The van der Waals surface area contributed by atoms with Gasteiger partial charge in [-0.1, -0.05) is 0 Å². The highest BCUT2D eigenvalue weighted by atomic mass is 16.6. The van der Waals surface area contributed by atoms with Crippen LogP contribution in [0.5, 0.6) is 11.5 Å². The van der Waals surface area contributed by atoms with Crippen LogP contribution in [0.4, 0.5) is 5.69 Å². The summed E-state index contributed by atoms with van der Waals surface area (Å²) in [5.74, 6) is 1.82. The molecule has 1 fully saturated rings. The summed E-state index contributed by atoms with van der Waals surface area (Å²) in [5, 5.41) is 2.95. The molecule has 1 atom stereocenters. The molecule has 0 saturated carbocycles. The summed E-state index contributed by atoms with van der Waals surface area (Å²) in [6.45, 7) is 4.73. The molecule has 4 rings (SSSR count). The van der Waals surface area contributed by atoms with Crippen LogP contribution in [0.1, 0.15) is 18.7 Å². The Morgan fingerprint density at radius 2 is 2.11 bits per heavy atom. The van der Waals surface area contributed by atoms with E-state index >= 15 is 0 Å². The minimum absolute atomic E-state index is 0.0501. The van der Waals surface area contributed by atoms with E-state index in [0.29, 0.717) is 37.8 Å². The van der Waals surface area contributed by atoms with Gasteiger partial charge in [-0.05, 0) is 25.5 Å². The zero-order valence-corrected chi connectivity index (χ0v) is 15.9. The van der Waals surface area contributed by atoms with Gasteiger partial charge in [0.15, 0.2) is 11.5 Å². The molecule has 8 nitrogen and oxygen atoms in total. The fraction of sp³-hybridized carbons (Fsp3) is 0.450. The maximum absolute atomic E-state index is 12.5. The molecule has 3 heterocycles. The molecule has 1 aromatic heterocycles. The number of hydrogen-bond acceptors (Lipinski definition) is 5. The predicted molar refractivity (Wildman–Crippen MR) is 102 cm³/mol. The molecule has 1 saturated heterocycles. The maximum atomic E-state index is 12.5. The van der Waals surface area contributed by atoms with Gasteiger partial charge in [0.05, 0.1) is 5.92 Å². The lowest BCUT2D eigenvalue weighted by molar-refractivity contribution is -0.126. The quantitative estimate of drug-likeness (QED) is 0.764. The largest absolute Gasteiger partial charge is 0.486 e. The smallest absolute Gasteiger partial charge is 0.227 e. The molecule has 8 heteroatoms. The Labute approximate surface area is 163 Å². The molecule has 0 radical (unpaired) electrons. The maximum Gasteiger partial charge on any atom is 0.227 e. The van der Waals surface area contributed by atoms with Gasteiger partial charge in [0, 0.05) is 50.2 Å². The number of rotatable bonds is 6. The third kappa shape index (κ3) is 3.81. The molecule has 0 aliphatic carbocycles. The van der Waals surface area contributed by atoms with Gasteiger partial charge in [0.2, 0.25) is 11.8 Å². The molecule has 2 amide bonds. The lowest BCUT2D eigenvalue weighted by Crippen LogP contribution is -2.33. The number of amides is 2. The minimum Gasteiger partial charge on any atom is -0.486 e. The number of carbonyl (C=O) groups excluding carboxylic acids is 2. The van der Waals surface area contributed by atoms with E-state index in [1.165, 1.54) is 0 Å². The summed E-state index contributed by atoms with van der Waals surface area (Å²) < 4.78 is 13.2. The van der Waals surface area contributed by atoms with Gasteiger partial charge in [0.1, 0.15) is 19.0 Å². The first kappa shape index (κ1) is 18.3. The molecule has 28 heavy (non-hydrogen) atoms. The average molecular weight is 384 g/mol. The van der Waals surface area contributed by atoms with Crippen LogP contribution in [-0.4, -0.2) is 47.7 Å². The second-order valence-electron chi connectivity index (χ2n) is 7.05. The number of fused-ring (bicyclic) bond motifs is 1. The van der Waals surface area contributed by atoms with Crippen molar-refractivity contribution in [3.05, 3.63) is 36.4 Å². The van der Waals surface area contributed by atoms with Crippen LogP contribution in [0.15, 0.2) is 30.6 Å². The van der Waals surface area contributed by atoms with E-state index in [9.17, 15) is 9.59 Å². The molecule has 1 aromatic carbocycles. The zero-order valence-electron chi connectivity index (χ0n) is 15.9. The first-order valence-corrected chi connectivity index (χ1v) is 9.57. The van der Waals surface area contributed by atoms with Crippen molar-refractivity contribution in [2.45, 2.75) is 26.3 Å². The van der Waals surface area contributed by atoms with Crippen molar-refractivity contribution >= 4 is 17.5 Å². The van der Waals surface area contributed by atoms with Crippen LogP contribution in [-0.2, 0) is 16.1 Å². The highest BCUT2D eigenvalue weighted by molar-refractivity contribution is 6.00. The number of hydrogen-bond donors (Lipinski definition) is 1. The normalized spacial score (nSPS) is 18.4. The van der Waals surface area contributed by atoms with Gasteiger partial charge in [-0.2, -0.15) is 0 Å². The molecule has 0 bridgehead atoms. The summed E-state index contributed by atoms with van der Waals surface area (Å²) in [4.78, 5) is 30.8. The third-order valence-corrected chi connectivity index (χ3v) is 5.13. The second-order valence-corrected chi connectivity index (χ2v) is 7.05. The summed E-state index contributed by atoms with van der Waals surface area (Å²) in [7, 11) is 0. The van der Waals surface area contributed by atoms with Gasteiger partial charge in [0.25, 0.3) is 0 Å². The van der Waals surface area contributed by atoms with Crippen molar-refractivity contribution in [3.63, 3.8) is 0 Å². The van der Waals surface area contributed by atoms with Gasteiger partial charge in [-0.15, -0.1) is 0 Å². The van der Waals surface area contributed by atoms with Crippen LogP contribution in [0.2, 0.25) is 0 Å². The molecule has 1 unspecified atom stereocenters. The van der Waals surface area contributed by atoms with Gasteiger partial charge in [-0.25, -0.2) is 4.98 Å². The van der Waals surface area contributed by atoms with E-state index in [1.54, 1.807) is 17.2 Å². The fourth-order valence-corrected chi connectivity index (χ4v) is 3.58. The number of aromatic nitrogens is 2. The lowest BCUT2D eigenvalue weighted by Gasteiger charge is -2.22. The molecule has 2 aliphatic heterocycles. The van der Waals surface area contributed by atoms with Gasteiger partial charge >= 0.3 is 0 Å². The van der Waals surface area contributed by atoms with E-state index in [4.69, 9.17) is 9.47 Å². The first-order chi connectivity index (χ1) is 13.6. The number of imidazole rings is 1. The van der Waals surface area contributed by atoms with E-state index in [1.807, 2.05) is 25.3 Å². The Morgan fingerprint density at radius 1 is 1.29 bits per heavy atom. The minimum atomic E-state index is -0.337. The fourth-order valence-electron chi connectivity index (χ4n) is 3.58. The van der Waals surface area contributed by atoms with Gasteiger partial charge < -0.3 is 24.3 Å². The lowest BCUT2D eigenvalue weighted by atomic mass is 10.1. The van der Waals surface area contributed by atoms with Crippen LogP contribution in [0.3, 0.4) is 0 Å². The SMILES string of the molecule is Cc1nccn1CCCNC(=O)C1CC(=O)N(c2ccc3c(c2)OCCO3)C1. The number of benzene rings is 1. The number of nitrogens with zero attached hydrogens (tertiary/aromatic N) is 3. The van der Waals surface area contributed by atoms with E-state index in [0.717, 1.165) is 24.5 Å². The molecule has 148 valence electrons. The topological polar surface area (TPSA) is 85.7 Å². The van der Waals surface area contributed by atoms with Crippen molar-refractivity contribution in [2.75, 3.05) is 31.2 Å². The second kappa shape index (κ2) is 7.92. The van der Waals surface area contributed by atoms with Crippen LogP contribution in [0, 0.1) is 12.8 Å². The van der Waals surface area contributed by atoms with Crippen LogP contribution >= 0.6 is 0 Å². The Morgan fingerprint density at radius 3 is 2.89 bits per heavy atom. The van der Waals surface area contributed by atoms with Crippen LogP contribution in [0.25, 0.3) is 0 Å². The Kier molecular flexibility index (Phi) is 5.18. The molecule has 2 aromatic rings. The Balaban J connectivity index is 1.30. The van der Waals surface area contributed by atoms with Crippen LogP contribution < -0.4 is 19.7 Å². The Hall–Kier alpha value is -3.03. The zero-order chi connectivity index (χ0) is 19.5. The number of anilines is 1. The molecule has 0 spiro atoms.